The predicted molar refractivity (Wildman–Crippen MR) is 92.8 cm³/mol. The normalized spacial score (nSPS) is 16.0. The Balaban J connectivity index is 2.03. The summed E-state index contributed by atoms with van der Waals surface area (Å²) in [5.41, 5.74) is 1.37. The van der Waals surface area contributed by atoms with Gasteiger partial charge in [-0.05, 0) is 19.1 Å². The summed E-state index contributed by atoms with van der Waals surface area (Å²) in [6, 6.07) is 4.90. The lowest BCUT2D eigenvalue weighted by Gasteiger charge is -2.34. The Bertz CT molecular complexity index is 873. The molecule has 2 aromatic rings. The topological polar surface area (TPSA) is 90.2 Å². The standard InChI is InChI=1S/C18H20N2O6/c1-9-10(18(22)25-5)6-15(26-9)16-19-12-8-14(24-4)13(23-3)7-11(12)17(21)20(16)2/h6-8,16,19H,1-5H3/t16-/m1/s1. The molecular formula is C18H20N2O6. The van der Waals surface area contributed by atoms with Crippen molar-refractivity contribution < 1.29 is 28.2 Å². The maximum absolute atomic E-state index is 12.8. The van der Waals surface area contributed by atoms with Crippen LogP contribution in [0.15, 0.2) is 22.6 Å². The molecule has 8 heteroatoms. The minimum absolute atomic E-state index is 0.210. The van der Waals surface area contributed by atoms with E-state index in [1.54, 1.807) is 32.2 Å². The molecule has 0 saturated heterocycles. The fraction of sp³-hybridized carbons (Fsp3) is 0.333. The maximum atomic E-state index is 12.8. The Morgan fingerprint density at radius 2 is 1.81 bits per heavy atom. The first-order valence-corrected chi connectivity index (χ1v) is 7.89. The number of nitrogens with zero attached hydrogens (tertiary/aromatic N) is 1. The van der Waals surface area contributed by atoms with Gasteiger partial charge in [0.2, 0.25) is 0 Å². The molecule has 1 N–H and O–H groups in total. The van der Waals surface area contributed by atoms with E-state index in [1.807, 2.05) is 0 Å². The summed E-state index contributed by atoms with van der Waals surface area (Å²) in [5, 5.41) is 3.24. The summed E-state index contributed by atoms with van der Waals surface area (Å²) in [6.07, 6.45) is -0.579. The summed E-state index contributed by atoms with van der Waals surface area (Å²) < 4.78 is 21.0. The van der Waals surface area contributed by atoms with Gasteiger partial charge in [0.25, 0.3) is 5.91 Å². The van der Waals surface area contributed by atoms with Crippen LogP contribution in [0.3, 0.4) is 0 Å². The highest BCUT2D eigenvalue weighted by molar-refractivity contribution is 6.02. The maximum Gasteiger partial charge on any atom is 0.341 e. The summed E-state index contributed by atoms with van der Waals surface area (Å²) >= 11 is 0. The summed E-state index contributed by atoms with van der Waals surface area (Å²) in [7, 11) is 5.99. The fourth-order valence-corrected chi connectivity index (χ4v) is 2.94. The van der Waals surface area contributed by atoms with Crippen molar-refractivity contribution in [3.05, 3.63) is 40.8 Å². The number of esters is 1. The Hall–Kier alpha value is -3.16. The van der Waals surface area contributed by atoms with E-state index in [0.717, 1.165) is 0 Å². The van der Waals surface area contributed by atoms with Crippen molar-refractivity contribution in [2.75, 3.05) is 33.7 Å². The Morgan fingerprint density at radius 1 is 1.15 bits per heavy atom. The first kappa shape index (κ1) is 17.7. The lowest BCUT2D eigenvalue weighted by Crippen LogP contribution is -2.40. The van der Waals surface area contributed by atoms with Crippen LogP contribution in [0, 0.1) is 6.92 Å². The van der Waals surface area contributed by atoms with Crippen LogP contribution >= 0.6 is 0 Å². The molecule has 1 aliphatic heterocycles. The molecule has 1 amide bonds. The van der Waals surface area contributed by atoms with Gasteiger partial charge in [0.1, 0.15) is 17.1 Å². The van der Waals surface area contributed by atoms with Crippen molar-refractivity contribution in [3.63, 3.8) is 0 Å². The van der Waals surface area contributed by atoms with Gasteiger partial charge < -0.3 is 28.8 Å². The van der Waals surface area contributed by atoms with Gasteiger partial charge >= 0.3 is 5.97 Å². The molecule has 3 rings (SSSR count). The van der Waals surface area contributed by atoms with Gasteiger partial charge in [-0.25, -0.2) is 4.79 Å². The van der Waals surface area contributed by atoms with Crippen molar-refractivity contribution in [2.45, 2.75) is 13.1 Å². The van der Waals surface area contributed by atoms with Crippen LogP contribution in [-0.2, 0) is 4.74 Å². The number of benzene rings is 1. The average molecular weight is 360 g/mol. The molecule has 0 aliphatic carbocycles. The number of anilines is 1. The number of hydrogen-bond donors (Lipinski definition) is 1. The zero-order chi connectivity index (χ0) is 19.0. The molecule has 1 aliphatic rings. The van der Waals surface area contributed by atoms with Gasteiger partial charge in [-0.15, -0.1) is 0 Å². The van der Waals surface area contributed by atoms with Crippen LogP contribution in [0.5, 0.6) is 11.5 Å². The summed E-state index contributed by atoms with van der Waals surface area (Å²) in [5.74, 6) is 1.12. The SMILES string of the molecule is COC(=O)c1cc([C@@H]2Nc3cc(OC)c(OC)cc3C(=O)N2C)oc1C. The number of ether oxygens (including phenoxy) is 3. The smallest absolute Gasteiger partial charge is 0.341 e. The molecule has 1 aromatic carbocycles. The summed E-state index contributed by atoms with van der Waals surface area (Å²) in [6.45, 7) is 1.67. The molecular weight excluding hydrogens is 340 g/mol. The Labute approximate surface area is 150 Å². The average Bonchev–Trinajstić information content (AvgIpc) is 3.04. The van der Waals surface area contributed by atoms with E-state index in [9.17, 15) is 9.59 Å². The van der Waals surface area contributed by atoms with Crippen LogP contribution in [-0.4, -0.2) is 45.2 Å². The van der Waals surface area contributed by atoms with Crippen molar-refractivity contribution >= 4 is 17.6 Å². The molecule has 0 bridgehead atoms. The number of carbonyl (C=O) groups is 2. The quantitative estimate of drug-likeness (QED) is 0.838. The van der Waals surface area contributed by atoms with Gasteiger partial charge in [-0.3, -0.25) is 4.79 Å². The van der Waals surface area contributed by atoms with Crippen molar-refractivity contribution in [3.8, 4) is 11.5 Å². The molecule has 1 atom stereocenters. The van der Waals surface area contributed by atoms with Crippen LogP contribution < -0.4 is 14.8 Å². The van der Waals surface area contributed by atoms with Gasteiger partial charge in [-0.2, -0.15) is 0 Å². The van der Waals surface area contributed by atoms with Gasteiger partial charge in [0, 0.05) is 13.1 Å². The third kappa shape index (κ3) is 2.73. The number of carbonyl (C=O) groups excluding carboxylic acids is 2. The highest BCUT2D eigenvalue weighted by Crippen LogP contribution is 2.39. The lowest BCUT2D eigenvalue weighted by atomic mass is 10.1. The first-order chi connectivity index (χ1) is 12.4. The van der Waals surface area contributed by atoms with E-state index >= 15 is 0 Å². The van der Waals surface area contributed by atoms with Crippen LogP contribution in [0.4, 0.5) is 5.69 Å². The largest absolute Gasteiger partial charge is 0.493 e. The predicted octanol–water partition coefficient (Wildman–Crippen LogP) is 2.59. The van der Waals surface area contributed by atoms with Crippen LogP contribution in [0.25, 0.3) is 0 Å². The second kappa shape index (κ2) is 6.62. The zero-order valence-electron chi connectivity index (χ0n) is 15.2. The van der Waals surface area contributed by atoms with Gasteiger partial charge in [0.05, 0.1) is 32.6 Å². The van der Waals surface area contributed by atoms with E-state index in [1.165, 1.54) is 26.2 Å². The highest BCUT2D eigenvalue weighted by atomic mass is 16.5. The molecule has 0 fully saturated rings. The van der Waals surface area contributed by atoms with Gasteiger partial charge in [0.15, 0.2) is 17.7 Å². The van der Waals surface area contributed by atoms with E-state index in [0.29, 0.717) is 39.8 Å². The van der Waals surface area contributed by atoms with Gasteiger partial charge in [-0.1, -0.05) is 0 Å². The summed E-state index contributed by atoms with van der Waals surface area (Å²) in [4.78, 5) is 26.1. The zero-order valence-corrected chi connectivity index (χ0v) is 15.2. The van der Waals surface area contributed by atoms with E-state index < -0.39 is 12.1 Å². The molecule has 8 nitrogen and oxygen atoms in total. The molecule has 26 heavy (non-hydrogen) atoms. The van der Waals surface area contributed by atoms with Crippen molar-refractivity contribution in [1.82, 2.24) is 4.90 Å². The minimum Gasteiger partial charge on any atom is -0.493 e. The molecule has 0 spiro atoms. The third-order valence-corrected chi connectivity index (χ3v) is 4.37. The minimum atomic E-state index is -0.579. The molecule has 138 valence electrons. The fourth-order valence-electron chi connectivity index (χ4n) is 2.94. The Kier molecular flexibility index (Phi) is 4.50. The lowest BCUT2D eigenvalue weighted by molar-refractivity contribution is 0.0598. The number of amides is 1. The first-order valence-electron chi connectivity index (χ1n) is 7.89. The number of methoxy groups -OCH3 is 3. The molecule has 2 heterocycles. The number of fused-ring (bicyclic) bond motifs is 1. The van der Waals surface area contributed by atoms with E-state index in [2.05, 4.69) is 5.32 Å². The van der Waals surface area contributed by atoms with Crippen LogP contribution in [0.2, 0.25) is 0 Å². The molecule has 1 aromatic heterocycles. The van der Waals surface area contributed by atoms with Crippen LogP contribution in [0.1, 0.15) is 38.4 Å². The third-order valence-electron chi connectivity index (χ3n) is 4.37. The number of aryl methyl sites for hydroxylation is 1. The van der Waals surface area contributed by atoms with Crippen molar-refractivity contribution in [1.29, 1.82) is 0 Å². The number of nitrogens with one attached hydrogen (secondary N) is 1. The van der Waals surface area contributed by atoms with E-state index in [4.69, 9.17) is 18.6 Å². The second-order valence-electron chi connectivity index (χ2n) is 5.83. The highest BCUT2D eigenvalue weighted by Gasteiger charge is 2.34. The second-order valence-corrected chi connectivity index (χ2v) is 5.83. The molecule has 0 saturated carbocycles. The van der Waals surface area contributed by atoms with E-state index in [-0.39, 0.29) is 5.91 Å². The monoisotopic (exact) mass is 360 g/mol. The van der Waals surface area contributed by atoms with Crippen molar-refractivity contribution in [2.24, 2.45) is 0 Å². The Morgan fingerprint density at radius 3 is 2.42 bits per heavy atom. The number of rotatable bonds is 4. The molecule has 0 unspecified atom stereocenters. The molecule has 0 radical (unpaired) electrons. The number of hydrogen-bond acceptors (Lipinski definition) is 7. The number of furan rings is 1.